The summed E-state index contributed by atoms with van der Waals surface area (Å²) in [5.41, 5.74) is 28.9. The number of nitrogens with zero attached hydrogens (tertiary/aromatic N) is 1. The van der Waals surface area contributed by atoms with Gasteiger partial charge in [0.05, 0.1) is 11.0 Å². The molecule has 364 valence electrons. The predicted octanol–water partition coefficient (Wildman–Crippen LogP) is 16.2. The number of hydrogen-bond acceptors (Lipinski definition) is 0. The third kappa shape index (κ3) is 7.91. The van der Waals surface area contributed by atoms with Crippen LogP contribution in [0, 0.1) is 60.3 Å². The average Bonchev–Trinajstić information content (AvgIpc) is 3.74. The Balaban J connectivity index is 0.860. The molecular formula is C72H68BN. The monoisotopic (exact) mass is 958 g/mol. The summed E-state index contributed by atoms with van der Waals surface area (Å²) in [5.74, 6) is 1.56. The van der Waals surface area contributed by atoms with Crippen molar-refractivity contribution in [2.75, 3.05) is 0 Å². The highest BCUT2D eigenvalue weighted by Gasteiger charge is 2.58. The Bertz CT molecular complexity index is 3620. The van der Waals surface area contributed by atoms with Gasteiger partial charge in [0.1, 0.15) is 0 Å². The number of benzene rings is 9. The number of hydrogen-bond donors (Lipinski definition) is 0. The maximum Gasteiger partial charge on any atom is 0.242 e. The van der Waals surface area contributed by atoms with Gasteiger partial charge in [0, 0.05) is 16.5 Å². The van der Waals surface area contributed by atoms with Gasteiger partial charge in [-0.2, -0.15) is 0 Å². The van der Waals surface area contributed by atoms with Crippen molar-refractivity contribution in [2.45, 2.75) is 104 Å². The third-order valence-electron chi connectivity index (χ3n) is 18.5. The number of fused-ring (bicyclic) bond motifs is 3. The quantitative estimate of drug-likeness (QED) is 0.120. The molecule has 0 N–H and O–H groups in total. The minimum Gasteiger partial charge on any atom is -0.309 e. The molecule has 0 aliphatic heterocycles. The highest BCUT2D eigenvalue weighted by atomic mass is 15.0. The maximum atomic E-state index is 2.55. The van der Waals surface area contributed by atoms with Crippen LogP contribution in [0.5, 0.6) is 0 Å². The standard InChI is InChI=1S/C72H68BN/c1-46-33-49(4)69(50(5)34-46)73(70-51(6)35-47(2)36-52(70)7)61-30-21-48(3)65(40-61)66-39-57(22-23-58(66)38-53-15-9-8-10-16-53)56-24-26-59(27-25-56)71-41-54-37-55(42-71)44-72(43-54,45-71)60-28-31-62(32-29-60)74-67-19-13-11-17-63(67)64-18-12-14-20-68(64)74/h8-36,39-40,54-55H,37-38,41-45H2,1-7H3. The summed E-state index contributed by atoms with van der Waals surface area (Å²) in [4.78, 5) is 0. The van der Waals surface area contributed by atoms with Crippen molar-refractivity contribution < 1.29 is 0 Å². The molecule has 9 aromatic carbocycles. The molecule has 4 fully saturated rings. The van der Waals surface area contributed by atoms with E-state index in [9.17, 15) is 0 Å². The molecule has 4 saturated carbocycles. The zero-order valence-corrected chi connectivity index (χ0v) is 44.5. The Morgan fingerprint density at radius 3 is 1.50 bits per heavy atom. The van der Waals surface area contributed by atoms with Gasteiger partial charge >= 0.3 is 0 Å². The molecule has 0 saturated heterocycles. The topological polar surface area (TPSA) is 4.93 Å². The molecule has 0 amide bonds. The molecule has 0 spiro atoms. The first-order chi connectivity index (χ1) is 35.9. The lowest BCUT2D eigenvalue weighted by Gasteiger charge is -2.63. The second-order valence-electron chi connectivity index (χ2n) is 23.7. The van der Waals surface area contributed by atoms with Crippen LogP contribution in [0.2, 0.25) is 0 Å². The summed E-state index contributed by atoms with van der Waals surface area (Å²) in [7, 11) is 0. The zero-order chi connectivity index (χ0) is 50.5. The summed E-state index contributed by atoms with van der Waals surface area (Å²) >= 11 is 0. The van der Waals surface area contributed by atoms with Crippen molar-refractivity contribution in [3.05, 3.63) is 249 Å². The van der Waals surface area contributed by atoms with E-state index >= 15 is 0 Å². The van der Waals surface area contributed by atoms with Crippen LogP contribution in [0.15, 0.2) is 188 Å². The van der Waals surface area contributed by atoms with Crippen LogP contribution in [0.1, 0.15) is 99.7 Å². The summed E-state index contributed by atoms with van der Waals surface area (Å²) in [6.07, 6.45) is 8.82. The van der Waals surface area contributed by atoms with Gasteiger partial charge in [0.2, 0.25) is 6.71 Å². The smallest absolute Gasteiger partial charge is 0.242 e. The van der Waals surface area contributed by atoms with E-state index < -0.39 is 0 Å². The Morgan fingerprint density at radius 1 is 0.446 bits per heavy atom. The Labute approximate surface area is 440 Å². The SMILES string of the molecule is Cc1cc(C)c(B(c2ccc(C)c(-c3cc(-c4ccc(C56CC7CC(C5)CC(c5ccc(-n8c9ccccc9c9ccccc98)cc5)(C7)C6)cc4)ccc3Cc3ccccc3)c2)c2c(C)cc(C)cc2C)c(C)c1. The van der Waals surface area contributed by atoms with Crippen LogP contribution in [0.3, 0.4) is 0 Å². The molecular weight excluding hydrogens is 890 g/mol. The molecule has 2 atom stereocenters. The minimum atomic E-state index is 0.109. The first-order valence-electron chi connectivity index (χ1n) is 27.6. The molecule has 14 rings (SSSR count). The normalized spacial score (nSPS) is 19.9. The lowest BCUT2D eigenvalue weighted by Crippen LogP contribution is -2.55. The predicted molar refractivity (Wildman–Crippen MR) is 316 cm³/mol. The van der Waals surface area contributed by atoms with E-state index in [1.54, 1.807) is 11.1 Å². The van der Waals surface area contributed by atoms with Crippen LogP contribution < -0.4 is 16.4 Å². The van der Waals surface area contributed by atoms with E-state index in [0.717, 1.165) is 18.3 Å². The largest absolute Gasteiger partial charge is 0.309 e. The van der Waals surface area contributed by atoms with Gasteiger partial charge in [-0.1, -0.05) is 207 Å². The molecule has 2 heteroatoms. The Hall–Kier alpha value is -7.16. The first-order valence-corrected chi connectivity index (χ1v) is 27.6. The Kier molecular flexibility index (Phi) is 11.4. The van der Waals surface area contributed by atoms with Crippen molar-refractivity contribution in [3.8, 4) is 27.9 Å². The van der Waals surface area contributed by atoms with Crippen LogP contribution >= 0.6 is 0 Å². The summed E-state index contributed by atoms with van der Waals surface area (Å²) < 4.78 is 2.47. The fourth-order valence-electron chi connectivity index (χ4n) is 16.0. The van der Waals surface area contributed by atoms with Crippen LogP contribution in [-0.2, 0) is 17.3 Å². The van der Waals surface area contributed by atoms with E-state index in [1.807, 2.05) is 0 Å². The van der Waals surface area contributed by atoms with Crippen molar-refractivity contribution in [2.24, 2.45) is 11.8 Å². The fraction of sp³-hybridized carbons (Fsp3) is 0.250. The second-order valence-corrected chi connectivity index (χ2v) is 23.7. The van der Waals surface area contributed by atoms with Gasteiger partial charge in [0.25, 0.3) is 0 Å². The van der Waals surface area contributed by atoms with Gasteiger partial charge < -0.3 is 4.57 Å². The molecule has 2 unspecified atom stereocenters. The molecule has 74 heavy (non-hydrogen) atoms. The average molecular weight is 958 g/mol. The molecule has 10 aromatic rings. The van der Waals surface area contributed by atoms with Gasteiger partial charge in [-0.3, -0.25) is 0 Å². The molecule has 4 aliphatic carbocycles. The van der Waals surface area contributed by atoms with Crippen LogP contribution in [0.4, 0.5) is 0 Å². The number of aromatic nitrogens is 1. The summed E-state index contributed by atoms with van der Waals surface area (Å²) in [6.45, 7) is 16.1. The van der Waals surface area contributed by atoms with E-state index in [4.69, 9.17) is 0 Å². The maximum absolute atomic E-state index is 2.55. The highest BCUT2D eigenvalue weighted by Crippen LogP contribution is 2.66. The van der Waals surface area contributed by atoms with E-state index in [2.05, 4.69) is 241 Å². The van der Waals surface area contributed by atoms with Crippen molar-refractivity contribution >= 4 is 44.9 Å². The molecule has 1 nitrogen and oxygen atoms in total. The minimum absolute atomic E-state index is 0.109. The Morgan fingerprint density at radius 2 is 0.946 bits per heavy atom. The number of para-hydroxylation sites is 2. The number of aryl methyl sites for hydroxylation is 7. The van der Waals surface area contributed by atoms with Crippen molar-refractivity contribution in [3.63, 3.8) is 0 Å². The van der Waals surface area contributed by atoms with Gasteiger partial charge in [-0.25, -0.2) is 0 Å². The third-order valence-corrected chi connectivity index (χ3v) is 18.5. The van der Waals surface area contributed by atoms with E-state index in [-0.39, 0.29) is 17.5 Å². The molecule has 1 heterocycles. The molecule has 0 radical (unpaired) electrons. The van der Waals surface area contributed by atoms with Crippen molar-refractivity contribution in [1.29, 1.82) is 0 Å². The van der Waals surface area contributed by atoms with E-state index in [1.165, 1.54) is 155 Å². The molecule has 4 aliphatic rings. The lowest BCUT2D eigenvalue weighted by atomic mass is 9.34. The number of rotatable bonds is 10. The second kappa shape index (κ2) is 18.1. The summed E-state index contributed by atoms with van der Waals surface area (Å²) in [5, 5.41) is 2.64. The van der Waals surface area contributed by atoms with Gasteiger partial charge in [-0.05, 0) is 196 Å². The van der Waals surface area contributed by atoms with Crippen LogP contribution in [-0.4, -0.2) is 11.3 Å². The first kappa shape index (κ1) is 46.6. The lowest BCUT2D eigenvalue weighted by molar-refractivity contribution is -0.0281. The fourth-order valence-corrected chi connectivity index (χ4v) is 16.0. The summed E-state index contributed by atoms with van der Waals surface area (Å²) in [6, 6.07) is 72.8. The van der Waals surface area contributed by atoms with Gasteiger partial charge in [-0.15, -0.1) is 0 Å². The van der Waals surface area contributed by atoms with Gasteiger partial charge in [0.15, 0.2) is 0 Å². The van der Waals surface area contributed by atoms with Crippen molar-refractivity contribution in [1.82, 2.24) is 4.57 Å². The van der Waals surface area contributed by atoms with E-state index in [0.29, 0.717) is 0 Å². The zero-order valence-electron chi connectivity index (χ0n) is 44.5. The highest BCUT2D eigenvalue weighted by molar-refractivity contribution is 6.96. The van der Waals surface area contributed by atoms with Crippen LogP contribution in [0.25, 0.3) is 49.7 Å². The molecule has 1 aromatic heterocycles. The molecule has 4 bridgehead atoms.